The Hall–Kier alpha value is -1.91. The Balaban J connectivity index is 2.03. The van der Waals surface area contributed by atoms with Crippen molar-refractivity contribution in [2.24, 2.45) is 0 Å². The van der Waals surface area contributed by atoms with Crippen molar-refractivity contribution >= 4 is 11.8 Å². The smallest absolute Gasteiger partial charge is 0.270 e. The number of hydrogen-bond donors (Lipinski definition) is 2. The number of pyridine rings is 1. The molecule has 1 aliphatic rings. The number of rotatable bonds is 3. The third-order valence-corrected chi connectivity index (χ3v) is 3.68. The van der Waals surface area contributed by atoms with Gasteiger partial charge in [0.2, 0.25) is 0 Å². The minimum absolute atomic E-state index is 0.126. The Morgan fingerprint density at radius 2 is 1.82 bits per heavy atom. The van der Waals surface area contributed by atoms with Crippen LogP contribution in [0.5, 0.6) is 0 Å². The number of hydrogen-bond acceptors (Lipinski definition) is 3. The molecule has 5 nitrogen and oxygen atoms in total. The lowest BCUT2D eigenvalue weighted by molar-refractivity contribution is 0.0914. The van der Waals surface area contributed by atoms with Gasteiger partial charge in [-0.1, -0.05) is 19.3 Å². The highest BCUT2D eigenvalue weighted by Crippen LogP contribution is 2.18. The van der Waals surface area contributed by atoms with Crippen LogP contribution < -0.4 is 10.6 Å². The average Bonchev–Trinajstić information content (AvgIpc) is 2.46. The fourth-order valence-electron chi connectivity index (χ4n) is 2.62. The summed E-state index contributed by atoms with van der Waals surface area (Å²) in [6.07, 6.45) is 7.16. The van der Waals surface area contributed by atoms with Crippen LogP contribution in [-0.4, -0.2) is 28.4 Å². The zero-order chi connectivity index (χ0) is 16.2. The van der Waals surface area contributed by atoms with Crippen LogP contribution in [0, 0.1) is 0 Å². The fourth-order valence-corrected chi connectivity index (χ4v) is 2.62. The highest BCUT2D eigenvalue weighted by Gasteiger charge is 2.19. The lowest BCUT2D eigenvalue weighted by Crippen LogP contribution is -2.41. The van der Waals surface area contributed by atoms with E-state index >= 15 is 0 Å². The normalized spacial score (nSPS) is 16.1. The highest BCUT2D eigenvalue weighted by molar-refractivity contribution is 5.98. The number of carbonyl (C=O) groups excluding carboxylic acids is 2. The van der Waals surface area contributed by atoms with Crippen LogP contribution in [0.4, 0.5) is 0 Å². The molecule has 0 aliphatic heterocycles. The Labute approximate surface area is 131 Å². The lowest BCUT2D eigenvalue weighted by Gasteiger charge is -2.23. The highest BCUT2D eigenvalue weighted by atomic mass is 16.2. The molecule has 0 radical (unpaired) electrons. The van der Waals surface area contributed by atoms with Gasteiger partial charge in [-0.2, -0.15) is 0 Å². The summed E-state index contributed by atoms with van der Waals surface area (Å²) in [5, 5.41) is 5.90. The molecule has 1 heterocycles. The molecule has 5 heteroatoms. The van der Waals surface area contributed by atoms with Crippen molar-refractivity contribution in [2.75, 3.05) is 0 Å². The first-order valence-electron chi connectivity index (χ1n) is 7.94. The monoisotopic (exact) mass is 303 g/mol. The summed E-state index contributed by atoms with van der Waals surface area (Å²) in [5.41, 5.74) is 0.421. The van der Waals surface area contributed by atoms with E-state index in [1.54, 1.807) is 12.1 Å². The van der Waals surface area contributed by atoms with Crippen LogP contribution in [0.3, 0.4) is 0 Å². The number of amides is 2. The predicted octanol–water partition coefficient (Wildman–Crippen LogP) is 2.67. The molecule has 0 atom stereocenters. The van der Waals surface area contributed by atoms with Gasteiger partial charge in [0.1, 0.15) is 5.69 Å². The quantitative estimate of drug-likeness (QED) is 0.902. The van der Waals surface area contributed by atoms with E-state index < -0.39 is 0 Å². The summed E-state index contributed by atoms with van der Waals surface area (Å²) in [7, 11) is 0. The van der Waals surface area contributed by atoms with Crippen molar-refractivity contribution in [1.29, 1.82) is 0 Å². The first kappa shape index (κ1) is 16.5. The minimum Gasteiger partial charge on any atom is -0.349 e. The van der Waals surface area contributed by atoms with Gasteiger partial charge in [-0.05, 0) is 45.7 Å². The molecule has 0 spiro atoms. The van der Waals surface area contributed by atoms with Crippen LogP contribution in [0.15, 0.2) is 18.3 Å². The number of carbonyl (C=O) groups is 2. The maximum absolute atomic E-state index is 12.3. The molecule has 1 aliphatic carbocycles. The molecule has 0 unspecified atom stereocenters. The molecule has 1 aromatic rings. The molecule has 0 bridgehead atoms. The molecule has 1 fully saturated rings. The van der Waals surface area contributed by atoms with Crippen molar-refractivity contribution in [3.05, 3.63) is 29.6 Å². The first-order chi connectivity index (χ1) is 10.3. The van der Waals surface area contributed by atoms with Gasteiger partial charge in [0.15, 0.2) is 0 Å². The van der Waals surface area contributed by atoms with E-state index in [9.17, 15) is 9.59 Å². The molecular formula is C17H25N3O2. The first-order valence-corrected chi connectivity index (χ1v) is 7.94. The van der Waals surface area contributed by atoms with Crippen molar-refractivity contribution in [3.8, 4) is 0 Å². The summed E-state index contributed by atoms with van der Waals surface area (Å²) in [5.74, 6) is -0.390. The van der Waals surface area contributed by atoms with Crippen LogP contribution >= 0.6 is 0 Å². The van der Waals surface area contributed by atoms with Gasteiger partial charge in [0.25, 0.3) is 11.8 Å². The minimum atomic E-state index is -0.334. The maximum Gasteiger partial charge on any atom is 0.270 e. The van der Waals surface area contributed by atoms with E-state index in [4.69, 9.17) is 0 Å². The van der Waals surface area contributed by atoms with E-state index in [0.29, 0.717) is 5.56 Å². The fraction of sp³-hybridized carbons (Fsp3) is 0.588. The van der Waals surface area contributed by atoms with Crippen molar-refractivity contribution in [2.45, 2.75) is 64.5 Å². The summed E-state index contributed by atoms with van der Waals surface area (Å²) >= 11 is 0. The molecule has 120 valence electrons. The van der Waals surface area contributed by atoms with Gasteiger partial charge in [-0.15, -0.1) is 0 Å². The van der Waals surface area contributed by atoms with Crippen molar-refractivity contribution < 1.29 is 9.59 Å². The lowest BCUT2D eigenvalue weighted by atomic mass is 9.95. The second kappa shape index (κ2) is 6.90. The topological polar surface area (TPSA) is 71.1 Å². The van der Waals surface area contributed by atoms with E-state index in [0.717, 1.165) is 12.8 Å². The average molecular weight is 303 g/mol. The molecule has 2 rings (SSSR count). The van der Waals surface area contributed by atoms with Gasteiger partial charge in [-0.3, -0.25) is 14.6 Å². The summed E-state index contributed by atoms with van der Waals surface area (Å²) in [6.45, 7) is 5.72. The Morgan fingerprint density at radius 3 is 2.45 bits per heavy atom. The van der Waals surface area contributed by atoms with Gasteiger partial charge in [0, 0.05) is 23.3 Å². The van der Waals surface area contributed by atoms with Crippen molar-refractivity contribution in [1.82, 2.24) is 15.6 Å². The Bertz CT molecular complexity index is 543. The van der Waals surface area contributed by atoms with Gasteiger partial charge < -0.3 is 10.6 Å². The Kier molecular flexibility index (Phi) is 5.16. The van der Waals surface area contributed by atoms with E-state index in [2.05, 4.69) is 15.6 Å². The number of nitrogens with zero attached hydrogens (tertiary/aromatic N) is 1. The molecule has 0 saturated heterocycles. The zero-order valence-corrected chi connectivity index (χ0v) is 13.6. The van der Waals surface area contributed by atoms with E-state index in [1.807, 2.05) is 20.8 Å². The summed E-state index contributed by atoms with van der Waals surface area (Å²) < 4.78 is 0. The van der Waals surface area contributed by atoms with Gasteiger partial charge >= 0.3 is 0 Å². The second-order valence-electron chi connectivity index (χ2n) is 6.94. The summed E-state index contributed by atoms with van der Waals surface area (Å²) in [4.78, 5) is 28.5. The molecule has 2 N–H and O–H groups in total. The maximum atomic E-state index is 12.3. The van der Waals surface area contributed by atoms with E-state index in [-0.39, 0.29) is 29.1 Å². The number of aromatic nitrogens is 1. The van der Waals surface area contributed by atoms with Crippen LogP contribution in [0.1, 0.15) is 73.7 Å². The van der Waals surface area contributed by atoms with Crippen molar-refractivity contribution in [3.63, 3.8) is 0 Å². The van der Waals surface area contributed by atoms with Crippen LogP contribution in [-0.2, 0) is 0 Å². The molecule has 0 aromatic carbocycles. The number of nitrogens with one attached hydrogen (secondary N) is 2. The van der Waals surface area contributed by atoms with Gasteiger partial charge in [-0.25, -0.2) is 0 Å². The molecule has 1 aromatic heterocycles. The third kappa shape index (κ3) is 4.83. The second-order valence-corrected chi connectivity index (χ2v) is 6.94. The molecule has 2 amide bonds. The zero-order valence-electron chi connectivity index (χ0n) is 13.6. The molecule has 1 saturated carbocycles. The largest absolute Gasteiger partial charge is 0.349 e. The predicted molar refractivity (Wildman–Crippen MR) is 85.8 cm³/mol. The van der Waals surface area contributed by atoms with E-state index in [1.165, 1.54) is 25.5 Å². The van der Waals surface area contributed by atoms with Crippen LogP contribution in [0.2, 0.25) is 0 Å². The SMILES string of the molecule is CC(C)(C)NC(=O)c1cc(C(=O)NC2CCCCC2)ccn1. The van der Waals surface area contributed by atoms with Gasteiger partial charge in [0.05, 0.1) is 0 Å². The third-order valence-electron chi connectivity index (χ3n) is 3.68. The molecular weight excluding hydrogens is 278 g/mol. The Morgan fingerprint density at radius 1 is 1.14 bits per heavy atom. The summed E-state index contributed by atoms with van der Waals surface area (Å²) in [6, 6.07) is 3.45. The van der Waals surface area contributed by atoms with Crippen LogP contribution in [0.25, 0.3) is 0 Å². The molecule has 22 heavy (non-hydrogen) atoms. The standard InChI is InChI=1S/C17H25N3O2/c1-17(2,3)20-16(22)14-11-12(9-10-18-14)15(21)19-13-7-5-4-6-8-13/h9-11,13H,4-8H2,1-3H3,(H,19,21)(H,20,22).